The minimum absolute atomic E-state index is 0.576. The summed E-state index contributed by atoms with van der Waals surface area (Å²) in [5, 5.41) is 77.1. The third-order valence-corrected chi connectivity index (χ3v) is 4.69. The first-order valence-corrected chi connectivity index (χ1v) is 8.81. The molecule has 0 unspecified atom stereocenters. The Hall–Kier alpha value is -1.01. The molecule has 2 fully saturated rings. The second-order valence-corrected chi connectivity index (χ2v) is 6.77. The van der Waals surface area contributed by atoms with Gasteiger partial charge in [0.15, 0.2) is 18.7 Å². The van der Waals surface area contributed by atoms with Crippen molar-refractivity contribution in [2.75, 3.05) is 19.8 Å². The fourth-order valence-electron chi connectivity index (χ4n) is 2.87. The molecule has 11 atom stereocenters. The molecule has 0 saturated carbocycles. The highest BCUT2D eigenvalue weighted by molar-refractivity contribution is 5.75. The maximum Gasteiger partial charge on any atom is 0.325 e. The number of hydrogen-bond acceptors (Lipinski definition) is 14. The Kier molecular flexibility index (Phi) is 8.65. The van der Waals surface area contributed by atoms with E-state index in [1.165, 1.54) is 0 Å². The molecule has 0 spiro atoms. The van der Waals surface area contributed by atoms with Crippen molar-refractivity contribution in [3.05, 3.63) is 0 Å². The summed E-state index contributed by atoms with van der Waals surface area (Å²) >= 11 is 0. The molecule has 2 aliphatic heterocycles. The SMILES string of the molecule is N[C@@H](CO)C(=O)O[C@H]1[C@@H](OC[C@H]2O[C@@H](O)[C@H](O)[C@@H](O)[C@@H]2O)O[C@H](CO)[C@H](O)[C@@H]1O. The zero-order valence-corrected chi connectivity index (χ0v) is 15.2. The van der Waals surface area contributed by atoms with Gasteiger partial charge in [-0.25, -0.2) is 0 Å². The largest absolute Gasteiger partial charge is 0.453 e. The number of rotatable bonds is 7. The number of aliphatic hydroxyl groups is 8. The number of ether oxygens (including phenoxy) is 4. The topological polar surface area (TPSA) is 242 Å². The summed E-state index contributed by atoms with van der Waals surface area (Å²) in [6, 6.07) is -1.44. The van der Waals surface area contributed by atoms with Crippen LogP contribution in [-0.4, -0.2) is 134 Å². The number of aliphatic hydroxyl groups excluding tert-OH is 8. The lowest BCUT2D eigenvalue weighted by Crippen LogP contribution is -2.62. The van der Waals surface area contributed by atoms with Crippen LogP contribution in [0.15, 0.2) is 0 Å². The molecule has 14 heteroatoms. The third-order valence-electron chi connectivity index (χ3n) is 4.69. The number of hydrogen-bond donors (Lipinski definition) is 9. The highest BCUT2D eigenvalue weighted by Gasteiger charge is 2.49. The van der Waals surface area contributed by atoms with Crippen molar-refractivity contribution >= 4 is 5.97 Å². The van der Waals surface area contributed by atoms with Crippen LogP contribution in [0.4, 0.5) is 0 Å². The molecular weight excluding hydrogens is 402 g/mol. The van der Waals surface area contributed by atoms with Gasteiger partial charge in [-0.05, 0) is 0 Å². The van der Waals surface area contributed by atoms with E-state index in [4.69, 9.17) is 29.8 Å². The fraction of sp³-hybridized carbons (Fsp3) is 0.933. The van der Waals surface area contributed by atoms with Gasteiger partial charge in [0.1, 0.15) is 48.8 Å². The van der Waals surface area contributed by atoms with E-state index in [0.29, 0.717) is 0 Å². The van der Waals surface area contributed by atoms with E-state index < -0.39 is 93.2 Å². The van der Waals surface area contributed by atoms with E-state index in [1.54, 1.807) is 0 Å². The van der Waals surface area contributed by atoms with E-state index in [9.17, 15) is 40.5 Å². The first-order valence-electron chi connectivity index (χ1n) is 8.81. The highest BCUT2D eigenvalue weighted by atomic mass is 16.7. The quantitative estimate of drug-likeness (QED) is 0.171. The molecule has 0 aromatic rings. The van der Waals surface area contributed by atoms with Gasteiger partial charge in [0.25, 0.3) is 0 Å². The van der Waals surface area contributed by atoms with Gasteiger partial charge in [0, 0.05) is 0 Å². The maximum absolute atomic E-state index is 11.9. The van der Waals surface area contributed by atoms with Crippen LogP contribution in [0.5, 0.6) is 0 Å². The van der Waals surface area contributed by atoms with E-state index in [2.05, 4.69) is 0 Å². The van der Waals surface area contributed by atoms with E-state index in [-0.39, 0.29) is 0 Å². The third kappa shape index (κ3) is 5.38. The van der Waals surface area contributed by atoms with Gasteiger partial charge in [-0.2, -0.15) is 0 Å². The molecule has 2 saturated heterocycles. The standard InChI is InChI=1S/C15H27NO13/c16-4(1-17)13(24)29-12-10(22)7(19)5(2-18)28-15(12)26-3-6-8(20)9(21)11(23)14(25)27-6/h4-12,14-15,17-23,25H,1-3,16H2/t4-,5+,6+,7-,8+,9-,10-,11+,12+,14+,15-/m0/s1. The van der Waals surface area contributed by atoms with Crippen molar-refractivity contribution in [3.8, 4) is 0 Å². The van der Waals surface area contributed by atoms with Crippen molar-refractivity contribution in [1.29, 1.82) is 0 Å². The predicted molar refractivity (Wildman–Crippen MR) is 87.6 cm³/mol. The normalized spacial score (nSPS) is 44.3. The zero-order chi connectivity index (χ0) is 21.9. The number of carbonyl (C=O) groups is 1. The second kappa shape index (κ2) is 10.3. The minimum Gasteiger partial charge on any atom is -0.453 e. The van der Waals surface area contributed by atoms with Crippen LogP contribution in [0.25, 0.3) is 0 Å². The second-order valence-electron chi connectivity index (χ2n) is 6.77. The molecule has 0 radical (unpaired) electrons. The summed E-state index contributed by atoms with van der Waals surface area (Å²) in [6.07, 6.45) is -16.3. The molecule has 0 bridgehead atoms. The molecule has 0 aromatic heterocycles. The first-order chi connectivity index (χ1) is 13.6. The van der Waals surface area contributed by atoms with Crippen molar-refractivity contribution in [2.24, 2.45) is 5.73 Å². The van der Waals surface area contributed by atoms with Crippen LogP contribution in [0, 0.1) is 0 Å². The summed E-state index contributed by atoms with van der Waals surface area (Å²) in [5.41, 5.74) is 5.34. The van der Waals surface area contributed by atoms with Gasteiger partial charge >= 0.3 is 5.97 Å². The Bertz CT molecular complexity index is 538. The maximum atomic E-state index is 11.9. The molecule has 0 aromatic carbocycles. The van der Waals surface area contributed by atoms with Crippen LogP contribution in [-0.2, 0) is 23.7 Å². The van der Waals surface area contributed by atoms with Crippen LogP contribution in [0.1, 0.15) is 0 Å². The molecule has 2 heterocycles. The van der Waals surface area contributed by atoms with Crippen molar-refractivity contribution in [1.82, 2.24) is 0 Å². The van der Waals surface area contributed by atoms with Crippen molar-refractivity contribution in [2.45, 2.75) is 67.5 Å². The molecule has 29 heavy (non-hydrogen) atoms. The van der Waals surface area contributed by atoms with Crippen LogP contribution < -0.4 is 5.73 Å². The van der Waals surface area contributed by atoms with E-state index in [0.717, 1.165) is 0 Å². The smallest absolute Gasteiger partial charge is 0.325 e. The fourth-order valence-corrected chi connectivity index (χ4v) is 2.87. The van der Waals surface area contributed by atoms with Crippen molar-refractivity contribution < 1.29 is 64.6 Å². The Balaban J connectivity index is 2.09. The monoisotopic (exact) mass is 429 g/mol. The van der Waals surface area contributed by atoms with Crippen molar-refractivity contribution in [3.63, 3.8) is 0 Å². The molecule has 0 aliphatic carbocycles. The summed E-state index contributed by atoms with van der Waals surface area (Å²) in [6.45, 7) is -2.05. The van der Waals surface area contributed by atoms with Crippen LogP contribution in [0.3, 0.4) is 0 Å². The van der Waals surface area contributed by atoms with Gasteiger partial charge in [-0.15, -0.1) is 0 Å². The summed E-state index contributed by atoms with van der Waals surface area (Å²) < 4.78 is 20.5. The molecule has 14 nitrogen and oxygen atoms in total. The summed E-state index contributed by atoms with van der Waals surface area (Å²) in [7, 11) is 0. The zero-order valence-electron chi connectivity index (χ0n) is 15.2. The minimum atomic E-state index is -1.82. The van der Waals surface area contributed by atoms with Crippen LogP contribution >= 0.6 is 0 Å². The molecule has 0 amide bonds. The Morgan fingerprint density at radius 3 is 2.10 bits per heavy atom. The Labute approximate surface area is 164 Å². The summed E-state index contributed by atoms with van der Waals surface area (Å²) in [5.74, 6) is -1.13. The summed E-state index contributed by atoms with van der Waals surface area (Å²) in [4.78, 5) is 11.9. The van der Waals surface area contributed by atoms with E-state index >= 15 is 0 Å². The van der Waals surface area contributed by atoms with Gasteiger partial charge in [-0.3, -0.25) is 4.79 Å². The average molecular weight is 429 g/mol. The number of carbonyl (C=O) groups excluding carboxylic acids is 1. The van der Waals surface area contributed by atoms with Gasteiger partial charge in [0.2, 0.25) is 0 Å². The average Bonchev–Trinajstić information content (AvgIpc) is 2.71. The molecule has 2 aliphatic rings. The van der Waals surface area contributed by atoms with E-state index in [1.807, 2.05) is 0 Å². The Morgan fingerprint density at radius 1 is 0.897 bits per heavy atom. The van der Waals surface area contributed by atoms with Crippen LogP contribution in [0.2, 0.25) is 0 Å². The molecule has 170 valence electrons. The Morgan fingerprint density at radius 2 is 1.52 bits per heavy atom. The lowest BCUT2D eigenvalue weighted by molar-refractivity contribution is -0.327. The van der Waals surface area contributed by atoms with Gasteiger partial charge < -0.3 is 65.5 Å². The lowest BCUT2D eigenvalue weighted by Gasteiger charge is -2.43. The molecule has 2 rings (SSSR count). The molecular formula is C15H27NO13. The van der Waals surface area contributed by atoms with Gasteiger partial charge in [0.05, 0.1) is 19.8 Å². The van der Waals surface area contributed by atoms with Gasteiger partial charge in [-0.1, -0.05) is 0 Å². The number of esters is 1. The lowest BCUT2D eigenvalue weighted by atomic mass is 9.98. The predicted octanol–water partition coefficient (Wildman–Crippen LogP) is -6.53. The first kappa shape index (κ1) is 24.3. The highest BCUT2D eigenvalue weighted by Crippen LogP contribution is 2.26. The number of nitrogens with two attached hydrogens (primary N) is 1. The molecule has 10 N–H and O–H groups in total.